The Balaban J connectivity index is 3.85. The van der Waals surface area contributed by atoms with Gasteiger partial charge in [-0.1, -0.05) is 13.8 Å². The molecule has 5 heteroatoms. The van der Waals surface area contributed by atoms with Crippen molar-refractivity contribution in [3.8, 4) is 0 Å². The van der Waals surface area contributed by atoms with Crippen LogP contribution in [0.4, 0.5) is 0 Å². The van der Waals surface area contributed by atoms with Crippen LogP contribution in [0.3, 0.4) is 0 Å². The van der Waals surface area contributed by atoms with Crippen LogP contribution in [0.25, 0.3) is 0 Å². The highest BCUT2D eigenvalue weighted by Crippen LogP contribution is 2.03. The van der Waals surface area contributed by atoms with Crippen molar-refractivity contribution in [1.29, 1.82) is 0 Å². The Hall–Kier alpha value is -0.810. The largest absolute Gasteiger partial charge is 0.379 e. The van der Waals surface area contributed by atoms with Gasteiger partial charge in [-0.3, -0.25) is 9.89 Å². The maximum atomic E-state index is 5.54. The first-order valence-electron chi connectivity index (χ1n) is 8.16. The summed E-state index contributed by atoms with van der Waals surface area (Å²) in [5, 5.41) is 6.62. The highest BCUT2D eigenvalue weighted by molar-refractivity contribution is 5.79. The van der Waals surface area contributed by atoms with Crippen LogP contribution in [0.1, 0.15) is 41.5 Å². The van der Waals surface area contributed by atoms with Crippen LogP contribution >= 0.6 is 0 Å². The lowest BCUT2D eigenvalue weighted by Crippen LogP contribution is -2.45. The van der Waals surface area contributed by atoms with Gasteiger partial charge in [0, 0.05) is 45.4 Å². The normalized spacial score (nSPS) is 12.8. The lowest BCUT2D eigenvalue weighted by Gasteiger charge is -2.30. The molecule has 0 aliphatic rings. The van der Waals surface area contributed by atoms with Gasteiger partial charge in [0.05, 0.1) is 6.61 Å². The van der Waals surface area contributed by atoms with Gasteiger partial charge in [-0.05, 0) is 33.6 Å². The van der Waals surface area contributed by atoms with E-state index in [0.29, 0.717) is 24.6 Å². The molecule has 0 unspecified atom stereocenters. The Kier molecular flexibility index (Phi) is 11.4. The molecular weight excluding hydrogens is 264 g/mol. The molecule has 21 heavy (non-hydrogen) atoms. The van der Waals surface area contributed by atoms with E-state index in [1.807, 2.05) is 0 Å². The maximum absolute atomic E-state index is 5.54. The van der Waals surface area contributed by atoms with Gasteiger partial charge in [-0.15, -0.1) is 0 Å². The van der Waals surface area contributed by atoms with Gasteiger partial charge in [0.1, 0.15) is 0 Å². The number of nitrogens with zero attached hydrogens (tertiary/aromatic N) is 2. The van der Waals surface area contributed by atoms with Gasteiger partial charge in [0.2, 0.25) is 0 Å². The summed E-state index contributed by atoms with van der Waals surface area (Å²) in [6.45, 7) is 17.5. The Morgan fingerprint density at radius 2 is 1.57 bits per heavy atom. The predicted molar refractivity (Wildman–Crippen MR) is 92.0 cm³/mol. The fourth-order valence-electron chi connectivity index (χ4n) is 2.20. The first-order valence-corrected chi connectivity index (χ1v) is 8.16. The summed E-state index contributed by atoms with van der Waals surface area (Å²) in [7, 11) is 1.80. The number of guanidine groups is 1. The van der Waals surface area contributed by atoms with E-state index in [-0.39, 0.29) is 0 Å². The minimum Gasteiger partial charge on any atom is -0.379 e. The zero-order valence-electron chi connectivity index (χ0n) is 15.1. The predicted octanol–water partition coefficient (Wildman–Crippen LogP) is 1.94. The third-order valence-corrected chi connectivity index (χ3v) is 3.20. The molecule has 0 aromatic rings. The third-order valence-electron chi connectivity index (χ3n) is 3.20. The molecule has 0 saturated carbocycles. The Morgan fingerprint density at radius 3 is 2.05 bits per heavy atom. The number of hydrogen-bond acceptors (Lipinski definition) is 3. The molecule has 0 atom stereocenters. The Labute approximate surface area is 131 Å². The first-order chi connectivity index (χ1) is 9.88. The van der Waals surface area contributed by atoms with E-state index in [4.69, 9.17) is 4.74 Å². The average molecular weight is 300 g/mol. The van der Waals surface area contributed by atoms with E-state index in [0.717, 1.165) is 32.2 Å². The number of ether oxygens (including phenoxy) is 1. The minimum atomic E-state index is 0.561. The first kappa shape index (κ1) is 20.2. The van der Waals surface area contributed by atoms with Crippen LogP contribution in [0.2, 0.25) is 0 Å². The van der Waals surface area contributed by atoms with Crippen molar-refractivity contribution in [2.45, 2.75) is 53.6 Å². The van der Waals surface area contributed by atoms with E-state index in [9.17, 15) is 0 Å². The molecule has 2 N–H and O–H groups in total. The van der Waals surface area contributed by atoms with Crippen molar-refractivity contribution in [2.75, 3.05) is 39.9 Å². The SMILES string of the molecule is CN=C(NCCOCC(C)C)NCCN(C(C)C)C(C)C. The second-order valence-electron chi connectivity index (χ2n) is 6.32. The molecular formula is C16H36N4O. The van der Waals surface area contributed by atoms with Gasteiger partial charge < -0.3 is 15.4 Å². The summed E-state index contributed by atoms with van der Waals surface area (Å²) < 4.78 is 5.54. The molecule has 0 bridgehead atoms. The third kappa shape index (κ3) is 10.5. The molecule has 0 aliphatic carbocycles. The Morgan fingerprint density at radius 1 is 1.00 bits per heavy atom. The fraction of sp³-hybridized carbons (Fsp3) is 0.938. The van der Waals surface area contributed by atoms with Crippen molar-refractivity contribution in [3.63, 3.8) is 0 Å². The number of rotatable bonds is 10. The van der Waals surface area contributed by atoms with Crippen molar-refractivity contribution >= 4 is 5.96 Å². The van der Waals surface area contributed by atoms with Crippen LogP contribution in [0.5, 0.6) is 0 Å². The lowest BCUT2D eigenvalue weighted by molar-refractivity contribution is 0.114. The quantitative estimate of drug-likeness (QED) is 0.368. The highest BCUT2D eigenvalue weighted by atomic mass is 16.5. The number of aliphatic imine (C=N–C) groups is 1. The van der Waals surface area contributed by atoms with Crippen molar-refractivity contribution in [2.24, 2.45) is 10.9 Å². The molecule has 0 radical (unpaired) electrons. The monoisotopic (exact) mass is 300 g/mol. The van der Waals surface area contributed by atoms with Crippen LogP contribution in [-0.4, -0.2) is 62.8 Å². The molecule has 0 aliphatic heterocycles. The summed E-state index contributed by atoms with van der Waals surface area (Å²) in [5.74, 6) is 1.43. The summed E-state index contributed by atoms with van der Waals surface area (Å²) >= 11 is 0. The Bertz CT molecular complexity index is 269. The minimum absolute atomic E-state index is 0.561. The van der Waals surface area contributed by atoms with Gasteiger partial charge >= 0.3 is 0 Å². The van der Waals surface area contributed by atoms with Gasteiger partial charge in [-0.25, -0.2) is 0 Å². The highest BCUT2D eigenvalue weighted by Gasteiger charge is 2.12. The molecule has 0 rings (SSSR count). The standard InChI is InChI=1S/C16H36N4O/c1-13(2)12-21-11-9-19-16(17-7)18-8-10-20(14(3)4)15(5)6/h13-15H,8-12H2,1-7H3,(H2,17,18,19). The molecule has 5 nitrogen and oxygen atoms in total. The van der Waals surface area contributed by atoms with E-state index >= 15 is 0 Å². The van der Waals surface area contributed by atoms with E-state index in [1.165, 1.54) is 0 Å². The molecule has 0 saturated heterocycles. The second kappa shape index (κ2) is 11.8. The van der Waals surface area contributed by atoms with E-state index in [1.54, 1.807) is 7.05 Å². The smallest absolute Gasteiger partial charge is 0.191 e. The van der Waals surface area contributed by atoms with Crippen molar-refractivity contribution < 1.29 is 4.74 Å². The average Bonchev–Trinajstić information content (AvgIpc) is 2.39. The van der Waals surface area contributed by atoms with Crippen molar-refractivity contribution in [3.05, 3.63) is 0 Å². The van der Waals surface area contributed by atoms with Gasteiger partial charge in [-0.2, -0.15) is 0 Å². The van der Waals surface area contributed by atoms with Crippen molar-refractivity contribution in [1.82, 2.24) is 15.5 Å². The van der Waals surface area contributed by atoms with Crippen LogP contribution in [0.15, 0.2) is 4.99 Å². The maximum Gasteiger partial charge on any atom is 0.191 e. The summed E-state index contributed by atoms with van der Waals surface area (Å²) in [5.41, 5.74) is 0. The van der Waals surface area contributed by atoms with Crippen LogP contribution in [0, 0.1) is 5.92 Å². The number of hydrogen-bond donors (Lipinski definition) is 2. The van der Waals surface area contributed by atoms with E-state index < -0.39 is 0 Å². The van der Waals surface area contributed by atoms with E-state index in [2.05, 4.69) is 62.1 Å². The fourth-order valence-corrected chi connectivity index (χ4v) is 2.20. The topological polar surface area (TPSA) is 48.9 Å². The molecule has 0 fully saturated rings. The molecule has 0 aromatic carbocycles. The number of nitrogens with one attached hydrogen (secondary N) is 2. The van der Waals surface area contributed by atoms with Gasteiger partial charge in [0.15, 0.2) is 5.96 Å². The van der Waals surface area contributed by atoms with Crippen LogP contribution in [-0.2, 0) is 4.74 Å². The lowest BCUT2D eigenvalue weighted by atomic mass is 10.2. The van der Waals surface area contributed by atoms with Crippen LogP contribution < -0.4 is 10.6 Å². The summed E-state index contributed by atoms with van der Waals surface area (Å²) in [4.78, 5) is 6.69. The molecule has 0 aromatic heterocycles. The van der Waals surface area contributed by atoms with Gasteiger partial charge in [0.25, 0.3) is 0 Å². The summed E-state index contributed by atoms with van der Waals surface area (Å²) in [6.07, 6.45) is 0. The molecule has 0 amide bonds. The zero-order valence-corrected chi connectivity index (χ0v) is 15.1. The second-order valence-corrected chi connectivity index (χ2v) is 6.32. The molecule has 0 spiro atoms. The summed E-state index contributed by atoms with van der Waals surface area (Å²) in [6, 6.07) is 1.12. The molecule has 0 heterocycles. The molecule has 126 valence electrons. The zero-order chi connectivity index (χ0) is 16.3.